The maximum Gasteiger partial charge on any atom is 0.264 e. The van der Waals surface area contributed by atoms with Gasteiger partial charge in [0.25, 0.3) is 10.0 Å². The third-order valence-electron chi connectivity index (χ3n) is 4.39. The summed E-state index contributed by atoms with van der Waals surface area (Å²) >= 11 is 0. The summed E-state index contributed by atoms with van der Waals surface area (Å²) < 4.78 is 33.6. The fourth-order valence-corrected chi connectivity index (χ4v) is 4.02. The van der Waals surface area contributed by atoms with E-state index >= 15 is 0 Å². The van der Waals surface area contributed by atoms with Crippen LogP contribution in [-0.4, -0.2) is 30.9 Å². The summed E-state index contributed by atoms with van der Waals surface area (Å²) in [6.07, 6.45) is 0. The molecule has 3 N–H and O–H groups in total. The molecule has 0 bridgehead atoms. The van der Waals surface area contributed by atoms with Crippen molar-refractivity contribution in [2.24, 2.45) is 5.73 Å². The van der Waals surface area contributed by atoms with Crippen molar-refractivity contribution in [1.29, 1.82) is 0 Å². The number of sulfonamides is 1. The molecule has 0 aliphatic heterocycles. The molecule has 30 heavy (non-hydrogen) atoms. The predicted octanol–water partition coefficient (Wildman–Crippen LogP) is 3.06. The van der Waals surface area contributed by atoms with Gasteiger partial charge in [0.2, 0.25) is 17.7 Å². The number of carbonyl (C=O) groups excluding carboxylic acids is 1. The molecule has 8 nitrogen and oxygen atoms in total. The molecule has 0 fully saturated rings. The highest BCUT2D eigenvalue weighted by Gasteiger charge is 2.19. The Morgan fingerprint density at radius 2 is 1.73 bits per heavy atom. The third kappa shape index (κ3) is 4.57. The molecule has 1 aromatic heterocycles. The van der Waals surface area contributed by atoms with Crippen LogP contribution in [0.1, 0.15) is 28.4 Å². The van der Waals surface area contributed by atoms with Crippen molar-refractivity contribution in [3.05, 3.63) is 65.2 Å². The molecule has 0 aliphatic rings. The molecule has 156 valence electrons. The monoisotopic (exact) mass is 426 g/mol. The first-order valence-electron chi connectivity index (χ1n) is 9.22. The molecule has 0 spiro atoms. The van der Waals surface area contributed by atoms with Gasteiger partial charge in [-0.2, -0.15) is 4.98 Å². The van der Waals surface area contributed by atoms with Crippen molar-refractivity contribution in [2.45, 2.75) is 25.7 Å². The number of hydrogen-bond acceptors (Lipinski definition) is 6. The van der Waals surface area contributed by atoms with Crippen LogP contribution < -0.4 is 15.2 Å². The van der Waals surface area contributed by atoms with E-state index in [0.717, 1.165) is 16.7 Å². The second kappa shape index (κ2) is 8.50. The third-order valence-corrected chi connectivity index (χ3v) is 5.71. The van der Waals surface area contributed by atoms with Crippen molar-refractivity contribution in [1.82, 2.24) is 9.97 Å². The maximum atomic E-state index is 12.8. The van der Waals surface area contributed by atoms with Crippen LogP contribution in [0.4, 0.5) is 5.95 Å². The van der Waals surface area contributed by atoms with E-state index in [0.29, 0.717) is 12.3 Å². The molecule has 3 rings (SSSR count). The number of hydrogen-bond donors (Lipinski definition) is 2. The van der Waals surface area contributed by atoms with Gasteiger partial charge in [0.15, 0.2) is 0 Å². The normalized spacial score (nSPS) is 11.2. The molecule has 2 aromatic carbocycles. The van der Waals surface area contributed by atoms with Gasteiger partial charge in [0.05, 0.1) is 17.2 Å². The van der Waals surface area contributed by atoms with Crippen LogP contribution >= 0.6 is 0 Å². The molecule has 0 unspecified atom stereocenters. The van der Waals surface area contributed by atoms with Gasteiger partial charge in [-0.05, 0) is 50.1 Å². The first-order valence-corrected chi connectivity index (χ1v) is 10.7. The fourth-order valence-electron chi connectivity index (χ4n) is 3.03. The number of aryl methyl sites for hydroxylation is 2. The molecule has 0 radical (unpaired) electrons. The number of carbonyl (C=O) groups is 1. The van der Waals surface area contributed by atoms with E-state index < -0.39 is 15.9 Å². The number of primary amides is 1. The van der Waals surface area contributed by atoms with Crippen LogP contribution in [0.15, 0.2) is 53.4 Å². The van der Waals surface area contributed by atoms with Crippen LogP contribution in [0.3, 0.4) is 0 Å². The first kappa shape index (κ1) is 21.3. The smallest absolute Gasteiger partial charge is 0.264 e. The lowest BCUT2D eigenvalue weighted by molar-refractivity contribution is 0.1000. The lowest BCUT2D eigenvalue weighted by Gasteiger charge is -2.13. The highest BCUT2D eigenvalue weighted by Crippen LogP contribution is 2.29. The number of benzene rings is 2. The minimum Gasteiger partial charge on any atom is -0.478 e. The Morgan fingerprint density at radius 1 is 1.07 bits per heavy atom. The first-order chi connectivity index (χ1) is 14.2. The SMILES string of the molecule is CCOc1cc(-c2c(C)cccc2C)nc(NS(=O)(=O)c2cccc(C(N)=O)c2)n1. The van der Waals surface area contributed by atoms with Crippen LogP contribution in [-0.2, 0) is 10.0 Å². The van der Waals surface area contributed by atoms with E-state index in [1.165, 1.54) is 24.3 Å². The number of amides is 1. The summed E-state index contributed by atoms with van der Waals surface area (Å²) in [5.74, 6) is -0.615. The molecule has 9 heteroatoms. The predicted molar refractivity (Wildman–Crippen MR) is 114 cm³/mol. The van der Waals surface area contributed by atoms with E-state index in [2.05, 4.69) is 14.7 Å². The van der Waals surface area contributed by atoms with E-state index in [1.54, 1.807) is 13.0 Å². The van der Waals surface area contributed by atoms with Gasteiger partial charge < -0.3 is 10.5 Å². The zero-order valence-corrected chi connectivity index (χ0v) is 17.7. The number of nitrogens with one attached hydrogen (secondary N) is 1. The highest BCUT2D eigenvalue weighted by molar-refractivity contribution is 7.92. The Balaban J connectivity index is 2.06. The lowest BCUT2D eigenvalue weighted by Crippen LogP contribution is -2.17. The summed E-state index contributed by atoms with van der Waals surface area (Å²) in [7, 11) is -4.06. The standard InChI is InChI=1S/C21H22N4O4S/c1-4-29-18-12-17(19-13(2)7-5-8-14(19)3)23-21(24-18)25-30(27,28)16-10-6-9-15(11-16)20(22)26/h5-12H,4H2,1-3H3,(H2,22,26)(H,23,24,25). The molecule has 0 saturated heterocycles. The Kier molecular flexibility index (Phi) is 6.02. The van der Waals surface area contributed by atoms with Gasteiger partial charge >= 0.3 is 0 Å². The summed E-state index contributed by atoms with van der Waals surface area (Å²) in [4.78, 5) is 19.8. The minimum absolute atomic E-state index is 0.0816. The van der Waals surface area contributed by atoms with Gasteiger partial charge in [-0.15, -0.1) is 0 Å². The number of aromatic nitrogens is 2. The van der Waals surface area contributed by atoms with Crippen molar-refractivity contribution in [3.63, 3.8) is 0 Å². The van der Waals surface area contributed by atoms with E-state index in [-0.39, 0.29) is 22.3 Å². The largest absolute Gasteiger partial charge is 0.478 e. The molecular weight excluding hydrogens is 404 g/mol. The highest BCUT2D eigenvalue weighted by atomic mass is 32.2. The van der Waals surface area contributed by atoms with Gasteiger partial charge in [0.1, 0.15) is 0 Å². The van der Waals surface area contributed by atoms with E-state index in [1.807, 2.05) is 32.0 Å². The Labute approximate surface area is 175 Å². The zero-order valence-electron chi connectivity index (χ0n) is 16.8. The van der Waals surface area contributed by atoms with Crippen LogP contribution in [0, 0.1) is 13.8 Å². The average molecular weight is 426 g/mol. The molecule has 0 saturated carbocycles. The van der Waals surface area contributed by atoms with Crippen molar-refractivity contribution >= 4 is 21.9 Å². The van der Waals surface area contributed by atoms with Gasteiger partial charge in [-0.1, -0.05) is 24.3 Å². The van der Waals surface area contributed by atoms with Crippen LogP contribution in [0.5, 0.6) is 5.88 Å². The summed E-state index contributed by atoms with van der Waals surface area (Å²) in [5.41, 5.74) is 8.71. The fraction of sp³-hybridized carbons (Fsp3) is 0.190. The number of rotatable bonds is 7. The Bertz CT molecular complexity index is 1190. The summed E-state index contributed by atoms with van der Waals surface area (Å²) in [6, 6.07) is 12.9. The minimum atomic E-state index is -4.06. The molecule has 3 aromatic rings. The molecule has 1 amide bonds. The quantitative estimate of drug-likeness (QED) is 0.598. The van der Waals surface area contributed by atoms with Gasteiger partial charge in [0, 0.05) is 17.2 Å². The number of nitrogens with zero attached hydrogens (tertiary/aromatic N) is 2. The van der Waals surface area contributed by atoms with E-state index in [4.69, 9.17) is 10.5 Å². The van der Waals surface area contributed by atoms with E-state index in [9.17, 15) is 13.2 Å². The molecule has 0 aliphatic carbocycles. The number of nitrogens with two attached hydrogens (primary N) is 1. The molecule has 0 atom stereocenters. The second-order valence-electron chi connectivity index (χ2n) is 6.61. The Hall–Kier alpha value is -3.46. The lowest BCUT2D eigenvalue weighted by atomic mass is 10.00. The van der Waals surface area contributed by atoms with Gasteiger partial charge in [-0.25, -0.2) is 18.1 Å². The van der Waals surface area contributed by atoms with Crippen LogP contribution in [0.25, 0.3) is 11.3 Å². The average Bonchev–Trinajstić information content (AvgIpc) is 2.68. The van der Waals surface area contributed by atoms with Crippen molar-refractivity contribution in [2.75, 3.05) is 11.3 Å². The van der Waals surface area contributed by atoms with Gasteiger partial charge in [-0.3, -0.25) is 4.79 Å². The van der Waals surface area contributed by atoms with Crippen molar-refractivity contribution in [3.8, 4) is 17.1 Å². The summed E-state index contributed by atoms with van der Waals surface area (Å²) in [6.45, 7) is 6.06. The Morgan fingerprint density at radius 3 is 2.37 bits per heavy atom. The molecular formula is C21H22N4O4S. The zero-order chi connectivity index (χ0) is 21.9. The number of ether oxygens (including phenoxy) is 1. The summed E-state index contributed by atoms with van der Waals surface area (Å²) in [5, 5.41) is 0. The maximum absolute atomic E-state index is 12.8. The molecule has 1 heterocycles. The van der Waals surface area contributed by atoms with Crippen LogP contribution in [0.2, 0.25) is 0 Å². The topological polar surface area (TPSA) is 124 Å². The second-order valence-corrected chi connectivity index (χ2v) is 8.29. The van der Waals surface area contributed by atoms with Crippen molar-refractivity contribution < 1.29 is 17.9 Å². The number of anilines is 1.